The molecular formula is C26H38FN3O3S. The van der Waals surface area contributed by atoms with E-state index in [1.807, 2.05) is 17.8 Å². The number of methoxy groups -OCH3 is 1. The molecule has 3 N–H and O–H groups in total. The molecule has 1 aliphatic rings. The van der Waals surface area contributed by atoms with Crippen LogP contribution in [0.5, 0.6) is 5.75 Å². The largest absolute Gasteiger partial charge is 0.497 e. The van der Waals surface area contributed by atoms with Gasteiger partial charge in [0, 0.05) is 30.0 Å². The lowest BCUT2D eigenvalue weighted by atomic mass is 9.79. The molecule has 0 aliphatic carbocycles. The number of aliphatic carboxylic acids is 1. The SMILES string of the molecule is CCCSCCCN1CCC(CC[C@@H](N)c2c(F)cnc3ccc(OC)cc23)C(CC(=O)O)C1. The first-order valence-corrected chi connectivity index (χ1v) is 13.5. The Kier molecular flexibility index (Phi) is 10.4. The normalized spacial score (nSPS) is 19.9. The van der Waals surface area contributed by atoms with Crippen LogP contribution < -0.4 is 10.5 Å². The second-order valence-electron chi connectivity index (χ2n) is 9.26. The van der Waals surface area contributed by atoms with Gasteiger partial charge < -0.3 is 20.5 Å². The molecule has 188 valence electrons. The summed E-state index contributed by atoms with van der Waals surface area (Å²) in [5, 5.41) is 10.2. The number of carbonyl (C=O) groups is 1. The number of hydrogen-bond donors (Lipinski definition) is 2. The Labute approximate surface area is 206 Å². The highest BCUT2D eigenvalue weighted by Gasteiger charge is 2.31. The second-order valence-corrected chi connectivity index (χ2v) is 10.5. The van der Waals surface area contributed by atoms with Gasteiger partial charge in [-0.05, 0) is 86.7 Å². The molecule has 6 nitrogen and oxygen atoms in total. The minimum Gasteiger partial charge on any atom is -0.497 e. The Morgan fingerprint density at radius 1 is 1.38 bits per heavy atom. The standard InChI is InChI=1S/C26H38FN3O3S/c1-3-12-34-13-4-10-30-11-9-18(19(17-30)14-25(31)32)5-7-23(28)26-21-15-20(33-2)6-8-24(21)29-16-22(26)27/h6,8,15-16,18-19,23H,3-5,7,9-14,17,28H2,1-2H3,(H,31,32)/t18?,19?,23-/m1/s1. The molecule has 3 rings (SSSR count). The molecule has 1 aromatic heterocycles. The third-order valence-electron chi connectivity index (χ3n) is 6.81. The Hall–Kier alpha value is -1.90. The van der Waals surface area contributed by atoms with Gasteiger partial charge in [0.25, 0.3) is 0 Å². The van der Waals surface area contributed by atoms with Crippen molar-refractivity contribution in [2.75, 3.05) is 38.2 Å². The molecule has 2 aromatic rings. The van der Waals surface area contributed by atoms with Crippen LogP contribution in [0.25, 0.3) is 10.9 Å². The summed E-state index contributed by atoms with van der Waals surface area (Å²) in [7, 11) is 1.58. The van der Waals surface area contributed by atoms with Gasteiger partial charge in [-0.15, -0.1) is 0 Å². The number of ether oxygens (including phenoxy) is 1. The Morgan fingerprint density at radius 3 is 2.94 bits per heavy atom. The fourth-order valence-electron chi connectivity index (χ4n) is 5.04. The van der Waals surface area contributed by atoms with Gasteiger partial charge in [0.2, 0.25) is 0 Å². The smallest absolute Gasteiger partial charge is 0.303 e. The fourth-order valence-corrected chi connectivity index (χ4v) is 5.87. The Bertz CT molecular complexity index is 945. The van der Waals surface area contributed by atoms with Gasteiger partial charge in [-0.2, -0.15) is 11.8 Å². The van der Waals surface area contributed by atoms with Gasteiger partial charge in [-0.1, -0.05) is 6.92 Å². The summed E-state index contributed by atoms with van der Waals surface area (Å²) in [6.45, 7) is 5.02. The Balaban J connectivity index is 1.63. The van der Waals surface area contributed by atoms with Gasteiger partial charge in [0.05, 0.1) is 18.8 Å². The van der Waals surface area contributed by atoms with E-state index >= 15 is 0 Å². The zero-order valence-corrected chi connectivity index (χ0v) is 21.2. The molecule has 0 spiro atoms. The van der Waals surface area contributed by atoms with E-state index < -0.39 is 17.8 Å². The summed E-state index contributed by atoms with van der Waals surface area (Å²) in [5.41, 5.74) is 7.65. The van der Waals surface area contributed by atoms with E-state index in [0.717, 1.165) is 44.6 Å². The average molecular weight is 492 g/mol. The van der Waals surface area contributed by atoms with E-state index in [-0.39, 0.29) is 18.3 Å². The number of benzene rings is 1. The van der Waals surface area contributed by atoms with Crippen molar-refractivity contribution >= 4 is 28.6 Å². The van der Waals surface area contributed by atoms with Crippen LogP contribution in [0.1, 0.15) is 57.1 Å². The number of carboxylic acids is 1. The van der Waals surface area contributed by atoms with Crippen LogP contribution in [0.15, 0.2) is 24.4 Å². The second kappa shape index (κ2) is 13.3. The molecule has 0 bridgehead atoms. The molecule has 0 amide bonds. The van der Waals surface area contributed by atoms with E-state index in [2.05, 4.69) is 16.8 Å². The quantitative estimate of drug-likeness (QED) is 0.377. The first-order chi connectivity index (χ1) is 16.4. The molecule has 1 aliphatic heterocycles. The first kappa shape index (κ1) is 26.7. The average Bonchev–Trinajstić information content (AvgIpc) is 2.82. The van der Waals surface area contributed by atoms with Gasteiger partial charge in [0.15, 0.2) is 0 Å². The van der Waals surface area contributed by atoms with Crippen LogP contribution in [-0.2, 0) is 4.79 Å². The van der Waals surface area contributed by atoms with Gasteiger partial charge in [-0.3, -0.25) is 9.78 Å². The molecule has 1 saturated heterocycles. The van der Waals surface area contributed by atoms with Crippen LogP contribution in [0.2, 0.25) is 0 Å². The number of nitrogens with two attached hydrogens (primary N) is 1. The molecule has 1 fully saturated rings. The summed E-state index contributed by atoms with van der Waals surface area (Å²) in [5.74, 6) is 2.20. The summed E-state index contributed by atoms with van der Waals surface area (Å²) >= 11 is 1.99. The van der Waals surface area contributed by atoms with E-state index in [0.29, 0.717) is 28.6 Å². The summed E-state index contributed by atoms with van der Waals surface area (Å²) in [4.78, 5) is 18.1. The molecule has 3 atom stereocenters. The van der Waals surface area contributed by atoms with E-state index in [4.69, 9.17) is 10.5 Å². The zero-order chi connectivity index (χ0) is 24.5. The molecule has 2 unspecified atom stereocenters. The van der Waals surface area contributed by atoms with Crippen LogP contribution in [0.3, 0.4) is 0 Å². The van der Waals surface area contributed by atoms with Crippen molar-refractivity contribution in [2.45, 2.75) is 51.5 Å². The number of hydrogen-bond acceptors (Lipinski definition) is 6. The van der Waals surface area contributed by atoms with Crippen LogP contribution >= 0.6 is 11.8 Å². The van der Waals surface area contributed by atoms with Crippen molar-refractivity contribution in [3.8, 4) is 5.75 Å². The number of nitrogens with zero attached hydrogens (tertiary/aromatic N) is 2. The van der Waals surface area contributed by atoms with E-state index in [1.165, 1.54) is 18.4 Å². The van der Waals surface area contributed by atoms with Gasteiger partial charge in [0.1, 0.15) is 11.6 Å². The van der Waals surface area contributed by atoms with Crippen molar-refractivity contribution < 1.29 is 19.0 Å². The van der Waals surface area contributed by atoms with Crippen LogP contribution in [-0.4, -0.2) is 59.2 Å². The molecular weight excluding hydrogens is 453 g/mol. The zero-order valence-electron chi connectivity index (χ0n) is 20.3. The lowest BCUT2D eigenvalue weighted by Gasteiger charge is -2.38. The Morgan fingerprint density at radius 2 is 2.21 bits per heavy atom. The highest BCUT2D eigenvalue weighted by molar-refractivity contribution is 7.99. The van der Waals surface area contributed by atoms with Crippen molar-refractivity contribution in [1.82, 2.24) is 9.88 Å². The number of pyridine rings is 1. The number of thioether (sulfide) groups is 1. The molecule has 0 radical (unpaired) electrons. The third-order valence-corrected chi connectivity index (χ3v) is 8.09. The molecule has 2 heterocycles. The van der Waals surface area contributed by atoms with Gasteiger partial charge in [-0.25, -0.2) is 4.39 Å². The third kappa shape index (κ3) is 7.30. The number of piperidine rings is 1. The minimum absolute atomic E-state index is 0.0980. The molecule has 0 saturated carbocycles. The topological polar surface area (TPSA) is 88.7 Å². The van der Waals surface area contributed by atoms with Crippen LogP contribution in [0.4, 0.5) is 4.39 Å². The summed E-state index contributed by atoms with van der Waals surface area (Å²) in [6.07, 6.45) is 6.08. The predicted octanol–water partition coefficient (Wildman–Crippen LogP) is 5.11. The van der Waals surface area contributed by atoms with Crippen molar-refractivity contribution in [3.63, 3.8) is 0 Å². The van der Waals surface area contributed by atoms with Crippen molar-refractivity contribution in [2.24, 2.45) is 17.6 Å². The number of carboxylic acid groups (broad SMARTS) is 1. The molecule has 8 heteroatoms. The maximum absolute atomic E-state index is 14.8. The van der Waals surface area contributed by atoms with E-state index in [9.17, 15) is 14.3 Å². The number of likely N-dealkylation sites (tertiary alicyclic amines) is 1. The highest BCUT2D eigenvalue weighted by atomic mass is 32.2. The number of halogens is 1. The summed E-state index contributed by atoms with van der Waals surface area (Å²) < 4.78 is 20.1. The maximum atomic E-state index is 14.8. The van der Waals surface area contributed by atoms with Gasteiger partial charge >= 0.3 is 5.97 Å². The number of fused-ring (bicyclic) bond motifs is 1. The number of rotatable bonds is 13. The van der Waals surface area contributed by atoms with Crippen LogP contribution in [0, 0.1) is 17.7 Å². The minimum atomic E-state index is -0.752. The first-order valence-electron chi connectivity index (χ1n) is 12.3. The highest BCUT2D eigenvalue weighted by Crippen LogP contribution is 2.35. The monoisotopic (exact) mass is 491 g/mol. The van der Waals surface area contributed by atoms with Crippen molar-refractivity contribution in [3.05, 3.63) is 35.8 Å². The number of aromatic nitrogens is 1. The molecule has 34 heavy (non-hydrogen) atoms. The van der Waals surface area contributed by atoms with E-state index in [1.54, 1.807) is 19.2 Å². The lowest BCUT2D eigenvalue weighted by Crippen LogP contribution is -2.42. The fraction of sp³-hybridized carbons (Fsp3) is 0.615. The lowest BCUT2D eigenvalue weighted by molar-refractivity contribution is -0.139. The molecule has 1 aromatic carbocycles. The predicted molar refractivity (Wildman–Crippen MR) is 137 cm³/mol. The summed E-state index contributed by atoms with van der Waals surface area (Å²) in [6, 6.07) is 4.90. The maximum Gasteiger partial charge on any atom is 0.303 e. The van der Waals surface area contributed by atoms with Crippen molar-refractivity contribution in [1.29, 1.82) is 0 Å².